The van der Waals surface area contributed by atoms with Crippen LogP contribution in [0.1, 0.15) is 51.4 Å². The van der Waals surface area contributed by atoms with E-state index in [1.54, 1.807) is 0 Å². The summed E-state index contributed by atoms with van der Waals surface area (Å²) in [6, 6.07) is 0.188. The number of nitrogens with two attached hydrogens (primary N) is 1. The highest BCUT2D eigenvalue weighted by Gasteiger charge is 2.34. The molecule has 0 bridgehead atoms. The summed E-state index contributed by atoms with van der Waals surface area (Å²) in [5.41, 5.74) is 5.86. The zero-order valence-corrected chi connectivity index (χ0v) is 11.2. The Kier molecular flexibility index (Phi) is 4.62. The Labute approximate surface area is 109 Å². The van der Waals surface area contributed by atoms with E-state index < -0.39 is 0 Å². The highest BCUT2D eigenvalue weighted by molar-refractivity contribution is 5.78. The van der Waals surface area contributed by atoms with Crippen molar-refractivity contribution < 1.29 is 9.90 Å². The molecule has 2 aliphatic rings. The van der Waals surface area contributed by atoms with Gasteiger partial charge in [-0.15, -0.1) is 0 Å². The van der Waals surface area contributed by atoms with E-state index in [4.69, 9.17) is 5.73 Å². The summed E-state index contributed by atoms with van der Waals surface area (Å²) in [6.45, 7) is 0.825. The molecule has 2 atom stereocenters. The Balaban J connectivity index is 1.80. The summed E-state index contributed by atoms with van der Waals surface area (Å²) >= 11 is 0. The van der Waals surface area contributed by atoms with Crippen LogP contribution in [0.3, 0.4) is 0 Å². The number of rotatable bonds is 4. The number of aliphatic hydroxyl groups excluding tert-OH is 1. The molecular weight excluding hydrogens is 228 g/mol. The van der Waals surface area contributed by atoms with Crippen molar-refractivity contribution in [2.24, 2.45) is 17.1 Å². The molecule has 0 spiro atoms. The maximum Gasteiger partial charge on any atom is 0.223 e. The summed E-state index contributed by atoms with van der Waals surface area (Å²) in [5, 5.41) is 12.6. The van der Waals surface area contributed by atoms with Crippen molar-refractivity contribution in [3.63, 3.8) is 0 Å². The lowest BCUT2D eigenvalue weighted by molar-refractivity contribution is -0.126. The molecule has 2 unspecified atom stereocenters. The number of amides is 1. The Hall–Kier alpha value is -0.610. The molecule has 4 N–H and O–H groups in total. The van der Waals surface area contributed by atoms with Crippen molar-refractivity contribution in [3.8, 4) is 0 Å². The zero-order valence-electron chi connectivity index (χ0n) is 11.2. The minimum atomic E-state index is -0.0492. The SMILES string of the molecule is NC1CCCC(C(=O)NCC2(CO)CCCC2)C1. The molecule has 0 aromatic heterocycles. The zero-order chi connectivity index (χ0) is 13.0. The maximum atomic E-state index is 12.1. The van der Waals surface area contributed by atoms with Crippen molar-refractivity contribution in [1.82, 2.24) is 5.32 Å². The minimum absolute atomic E-state index is 0.0492. The third-order valence-corrected chi connectivity index (χ3v) is 4.72. The van der Waals surface area contributed by atoms with Gasteiger partial charge in [-0.2, -0.15) is 0 Å². The lowest BCUT2D eigenvalue weighted by Gasteiger charge is -2.30. The molecule has 4 heteroatoms. The van der Waals surface area contributed by atoms with Gasteiger partial charge in [0.15, 0.2) is 0 Å². The summed E-state index contributed by atoms with van der Waals surface area (Å²) in [6.07, 6.45) is 8.30. The largest absolute Gasteiger partial charge is 0.396 e. The van der Waals surface area contributed by atoms with Crippen molar-refractivity contribution in [2.45, 2.75) is 57.4 Å². The van der Waals surface area contributed by atoms with Gasteiger partial charge in [-0.1, -0.05) is 19.3 Å². The van der Waals surface area contributed by atoms with Gasteiger partial charge in [0.1, 0.15) is 0 Å². The van der Waals surface area contributed by atoms with Gasteiger partial charge < -0.3 is 16.2 Å². The maximum absolute atomic E-state index is 12.1. The Bertz CT molecular complexity index is 288. The second kappa shape index (κ2) is 6.02. The lowest BCUT2D eigenvalue weighted by Crippen LogP contribution is -2.43. The van der Waals surface area contributed by atoms with Crippen LogP contribution in [0.5, 0.6) is 0 Å². The first kappa shape index (κ1) is 13.8. The number of aliphatic hydroxyl groups is 1. The predicted octanol–water partition coefficient (Wildman–Crippen LogP) is 1.17. The standard InChI is InChI=1S/C14H26N2O2/c15-12-5-3-4-11(8-12)13(18)16-9-14(10-17)6-1-2-7-14/h11-12,17H,1-10,15H2,(H,16,18). The van der Waals surface area contributed by atoms with Crippen LogP contribution in [0.25, 0.3) is 0 Å². The van der Waals surface area contributed by atoms with Crippen LogP contribution < -0.4 is 11.1 Å². The van der Waals surface area contributed by atoms with E-state index in [9.17, 15) is 9.90 Å². The third kappa shape index (κ3) is 3.23. The molecule has 4 nitrogen and oxygen atoms in total. The monoisotopic (exact) mass is 254 g/mol. The third-order valence-electron chi connectivity index (χ3n) is 4.72. The second-order valence-electron chi connectivity index (χ2n) is 6.21. The smallest absolute Gasteiger partial charge is 0.223 e. The number of hydrogen-bond donors (Lipinski definition) is 3. The minimum Gasteiger partial charge on any atom is -0.396 e. The van der Waals surface area contributed by atoms with E-state index in [0.717, 1.165) is 38.5 Å². The summed E-state index contributed by atoms with van der Waals surface area (Å²) < 4.78 is 0. The summed E-state index contributed by atoms with van der Waals surface area (Å²) in [4.78, 5) is 12.1. The van der Waals surface area contributed by atoms with Gasteiger partial charge in [0, 0.05) is 23.9 Å². The fraction of sp³-hybridized carbons (Fsp3) is 0.929. The topological polar surface area (TPSA) is 75.4 Å². The molecular formula is C14H26N2O2. The van der Waals surface area contributed by atoms with Gasteiger partial charge >= 0.3 is 0 Å². The highest BCUT2D eigenvalue weighted by Crippen LogP contribution is 2.37. The van der Waals surface area contributed by atoms with E-state index in [1.165, 1.54) is 12.8 Å². The van der Waals surface area contributed by atoms with Crippen LogP contribution in [-0.4, -0.2) is 30.2 Å². The summed E-state index contributed by atoms with van der Waals surface area (Å²) in [7, 11) is 0. The highest BCUT2D eigenvalue weighted by atomic mass is 16.3. The van der Waals surface area contributed by atoms with E-state index in [1.807, 2.05) is 0 Å². The summed E-state index contributed by atoms with van der Waals surface area (Å²) in [5.74, 6) is 0.232. The molecule has 1 amide bonds. The molecule has 0 radical (unpaired) electrons. The van der Waals surface area contributed by atoms with Gasteiger partial charge in [-0.25, -0.2) is 0 Å². The molecule has 0 aromatic rings. The van der Waals surface area contributed by atoms with Crippen molar-refractivity contribution >= 4 is 5.91 Å². The van der Waals surface area contributed by atoms with Crippen LogP contribution in [0.2, 0.25) is 0 Å². The molecule has 18 heavy (non-hydrogen) atoms. The van der Waals surface area contributed by atoms with Crippen molar-refractivity contribution in [3.05, 3.63) is 0 Å². The van der Waals surface area contributed by atoms with Gasteiger partial charge in [0.25, 0.3) is 0 Å². The first-order valence-corrected chi connectivity index (χ1v) is 7.29. The van der Waals surface area contributed by atoms with Crippen molar-refractivity contribution in [1.29, 1.82) is 0 Å². The number of carbonyl (C=O) groups excluding carboxylic acids is 1. The molecule has 104 valence electrons. The Morgan fingerprint density at radius 2 is 2.00 bits per heavy atom. The lowest BCUT2D eigenvalue weighted by atomic mass is 9.84. The molecule has 0 saturated heterocycles. The molecule has 2 aliphatic carbocycles. The van der Waals surface area contributed by atoms with Gasteiger partial charge in [-0.05, 0) is 32.1 Å². The molecule has 2 rings (SSSR count). The fourth-order valence-electron chi connectivity index (χ4n) is 3.40. The van der Waals surface area contributed by atoms with E-state index in [0.29, 0.717) is 6.54 Å². The van der Waals surface area contributed by atoms with E-state index >= 15 is 0 Å². The Morgan fingerprint density at radius 1 is 1.28 bits per heavy atom. The molecule has 0 aromatic carbocycles. The average Bonchev–Trinajstić information content (AvgIpc) is 2.85. The van der Waals surface area contributed by atoms with Gasteiger partial charge in [0.05, 0.1) is 6.61 Å². The molecule has 2 fully saturated rings. The second-order valence-corrected chi connectivity index (χ2v) is 6.21. The van der Waals surface area contributed by atoms with E-state index in [2.05, 4.69) is 5.32 Å². The number of carbonyl (C=O) groups is 1. The van der Waals surface area contributed by atoms with Crippen LogP contribution in [0.15, 0.2) is 0 Å². The Morgan fingerprint density at radius 3 is 2.61 bits per heavy atom. The molecule has 2 saturated carbocycles. The van der Waals surface area contributed by atoms with Gasteiger partial charge in [0.2, 0.25) is 5.91 Å². The van der Waals surface area contributed by atoms with E-state index in [-0.39, 0.29) is 29.9 Å². The van der Waals surface area contributed by atoms with Crippen LogP contribution in [0.4, 0.5) is 0 Å². The normalized spacial score (nSPS) is 31.2. The van der Waals surface area contributed by atoms with Crippen LogP contribution in [-0.2, 0) is 4.79 Å². The predicted molar refractivity (Wildman–Crippen MR) is 70.9 cm³/mol. The number of nitrogens with one attached hydrogen (secondary N) is 1. The molecule has 0 heterocycles. The van der Waals surface area contributed by atoms with Crippen LogP contribution >= 0.6 is 0 Å². The average molecular weight is 254 g/mol. The first-order valence-electron chi connectivity index (χ1n) is 7.29. The number of hydrogen-bond acceptors (Lipinski definition) is 3. The van der Waals surface area contributed by atoms with Crippen molar-refractivity contribution in [2.75, 3.05) is 13.2 Å². The quantitative estimate of drug-likeness (QED) is 0.705. The van der Waals surface area contributed by atoms with Crippen LogP contribution in [0, 0.1) is 11.3 Å². The molecule has 0 aliphatic heterocycles. The first-order chi connectivity index (χ1) is 8.65. The van der Waals surface area contributed by atoms with Gasteiger partial charge in [-0.3, -0.25) is 4.79 Å². The fourth-order valence-corrected chi connectivity index (χ4v) is 3.40.